The molecule has 0 fully saturated rings. The van der Waals surface area contributed by atoms with Crippen LogP contribution in [-0.2, 0) is 14.4 Å². The van der Waals surface area contributed by atoms with E-state index < -0.39 is 29.9 Å². The topological polar surface area (TPSA) is 200 Å². The zero-order valence-corrected chi connectivity index (χ0v) is 11.6. The molecule has 0 aliphatic heterocycles. The Morgan fingerprint density at radius 2 is 1.71 bits per heavy atom. The van der Waals surface area contributed by atoms with Crippen LogP contribution in [0.5, 0.6) is 0 Å². The third kappa shape index (κ3) is 9.35. The number of hydrogen-bond donors (Lipinski definition) is 6. The molecule has 0 aliphatic carbocycles. The van der Waals surface area contributed by atoms with Crippen LogP contribution in [0.3, 0.4) is 0 Å². The molecule has 10 heteroatoms. The van der Waals surface area contributed by atoms with Crippen molar-refractivity contribution in [1.82, 2.24) is 5.32 Å². The molecule has 0 spiro atoms. The summed E-state index contributed by atoms with van der Waals surface area (Å²) in [7, 11) is 0. The largest absolute Gasteiger partial charge is 0.480 e. The maximum atomic E-state index is 11.6. The minimum Gasteiger partial charge on any atom is -0.480 e. The highest BCUT2D eigenvalue weighted by molar-refractivity contribution is 5.97. The Bertz CT molecular complexity index is 408. The summed E-state index contributed by atoms with van der Waals surface area (Å²) < 4.78 is 0. The standard InChI is InChI=1S/C11H22N6O4/c12-6(2-1-5-16-11(14)15)9(19)17-8(18)4-3-7(13)10(20)21/h6-7H,1-5,12-13H2,(H,20,21)(H4,14,15,16)(H,17,18,19). The third-order valence-electron chi connectivity index (χ3n) is 2.57. The average Bonchev–Trinajstić information content (AvgIpc) is 2.40. The number of carboxylic acids is 1. The van der Waals surface area contributed by atoms with Gasteiger partial charge in [-0.25, -0.2) is 0 Å². The van der Waals surface area contributed by atoms with Gasteiger partial charge in [-0.2, -0.15) is 0 Å². The molecular formula is C11H22N6O4. The lowest BCUT2D eigenvalue weighted by atomic mass is 10.1. The van der Waals surface area contributed by atoms with Crippen LogP contribution in [0.2, 0.25) is 0 Å². The summed E-state index contributed by atoms with van der Waals surface area (Å²) in [5.41, 5.74) is 21.1. The summed E-state index contributed by atoms with van der Waals surface area (Å²) in [5, 5.41) is 10.6. The fourth-order valence-electron chi connectivity index (χ4n) is 1.35. The van der Waals surface area contributed by atoms with Gasteiger partial charge in [-0.1, -0.05) is 0 Å². The molecule has 10 nitrogen and oxygen atoms in total. The Morgan fingerprint density at radius 1 is 1.10 bits per heavy atom. The molecule has 0 heterocycles. The van der Waals surface area contributed by atoms with E-state index in [1.54, 1.807) is 0 Å². The first-order chi connectivity index (χ1) is 9.73. The van der Waals surface area contributed by atoms with Crippen molar-refractivity contribution >= 4 is 23.7 Å². The number of guanidine groups is 1. The molecule has 0 aromatic heterocycles. The minimum atomic E-state index is -1.20. The summed E-state index contributed by atoms with van der Waals surface area (Å²) in [6.45, 7) is 0.338. The second kappa shape index (κ2) is 9.66. The van der Waals surface area contributed by atoms with Gasteiger partial charge in [0.05, 0.1) is 6.04 Å². The van der Waals surface area contributed by atoms with E-state index in [2.05, 4.69) is 10.3 Å². The lowest BCUT2D eigenvalue weighted by Gasteiger charge is -2.11. The van der Waals surface area contributed by atoms with E-state index in [-0.39, 0.29) is 18.8 Å². The first-order valence-electron chi connectivity index (χ1n) is 6.37. The number of amides is 2. The van der Waals surface area contributed by atoms with Gasteiger partial charge in [0, 0.05) is 13.0 Å². The molecule has 21 heavy (non-hydrogen) atoms. The van der Waals surface area contributed by atoms with Crippen LogP contribution >= 0.6 is 0 Å². The van der Waals surface area contributed by atoms with Gasteiger partial charge in [0.1, 0.15) is 6.04 Å². The van der Waals surface area contributed by atoms with Crippen molar-refractivity contribution < 1.29 is 19.5 Å². The van der Waals surface area contributed by atoms with Crippen molar-refractivity contribution in [1.29, 1.82) is 0 Å². The summed E-state index contributed by atoms with van der Waals surface area (Å²) in [6.07, 6.45) is 0.573. The second-order valence-corrected chi connectivity index (χ2v) is 4.45. The smallest absolute Gasteiger partial charge is 0.320 e. The molecule has 0 saturated heterocycles. The van der Waals surface area contributed by atoms with E-state index in [9.17, 15) is 14.4 Å². The molecular weight excluding hydrogens is 280 g/mol. The number of aliphatic imine (C=N–C) groups is 1. The van der Waals surface area contributed by atoms with Gasteiger partial charge in [0.15, 0.2) is 5.96 Å². The Hall–Kier alpha value is -2.20. The fourth-order valence-corrected chi connectivity index (χ4v) is 1.35. The monoisotopic (exact) mass is 302 g/mol. The number of imide groups is 1. The van der Waals surface area contributed by atoms with Gasteiger partial charge in [-0.15, -0.1) is 0 Å². The quantitative estimate of drug-likeness (QED) is 0.149. The number of hydrogen-bond acceptors (Lipinski definition) is 6. The van der Waals surface area contributed by atoms with Crippen molar-refractivity contribution in [3.8, 4) is 0 Å². The predicted octanol–water partition coefficient (Wildman–Crippen LogP) is -2.80. The van der Waals surface area contributed by atoms with E-state index in [1.807, 2.05) is 0 Å². The van der Waals surface area contributed by atoms with Crippen molar-refractivity contribution in [2.24, 2.45) is 27.9 Å². The number of aliphatic carboxylic acids is 1. The number of nitrogens with zero attached hydrogens (tertiary/aromatic N) is 1. The maximum absolute atomic E-state index is 11.6. The van der Waals surface area contributed by atoms with Gasteiger partial charge in [0.25, 0.3) is 0 Å². The number of nitrogens with one attached hydrogen (secondary N) is 1. The molecule has 0 radical (unpaired) electrons. The van der Waals surface area contributed by atoms with Crippen LogP contribution in [0.1, 0.15) is 25.7 Å². The van der Waals surface area contributed by atoms with Crippen LogP contribution < -0.4 is 28.3 Å². The van der Waals surface area contributed by atoms with E-state index in [4.69, 9.17) is 28.0 Å². The van der Waals surface area contributed by atoms with E-state index in [0.29, 0.717) is 19.4 Å². The highest BCUT2D eigenvalue weighted by atomic mass is 16.4. The highest BCUT2D eigenvalue weighted by Gasteiger charge is 2.18. The molecule has 120 valence electrons. The van der Waals surface area contributed by atoms with Crippen LogP contribution in [0.25, 0.3) is 0 Å². The summed E-state index contributed by atoms with van der Waals surface area (Å²) in [4.78, 5) is 37.2. The molecule has 2 amide bonds. The maximum Gasteiger partial charge on any atom is 0.320 e. The number of nitrogens with two attached hydrogens (primary N) is 4. The summed E-state index contributed by atoms with van der Waals surface area (Å²) >= 11 is 0. The Balaban J connectivity index is 3.97. The molecule has 2 unspecified atom stereocenters. The first kappa shape index (κ1) is 18.8. The lowest BCUT2D eigenvalue weighted by Crippen LogP contribution is -2.44. The molecule has 0 aliphatic rings. The van der Waals surface area contributed by atoms with E-state index >= 15 is 0 Å². The third-order valence-corrected chi connectivity index (χ3v) is 2.57. The van der Waals surface area contributed by atoms with Crippen LogP contribution in [0.4, 0.5) is 0 Å². The zero-order valence-electron chi connectivity index (χ0n) is 11.6. The molecule has 2 atom stereocenters. The van der Waals surface area contributed by atoms with Crippen molar-refractivity contribution in [3.05, 3.63) is 0 Å². The SMILES string of the molecule is NC(N)=NCCCC(N)C(=O)NC(=O)CCC(N)C(=O)O. The predicted molar refractivity (Wildman–Crippen MR) is 75.9 cm³/mol. The number of rotatable bonds is 9. The van der Waals surface area contributed by atoms with Gasteiger partial charge in [-0.05, 0) is 19.3 Å². The number of carboxylic acid groups (broad SMARTS) is 1. The summed E-state index contributed by atoms with van der Waals surface area (Å²) in [6, 6.07) is -2.00. The molecule has 0 rings (SSSR count). The zero-order chi connectivity index (χ0) is 16.4. The number of carbonyl (C=O) groups excluding carboxylic acids is 2. The molecule has 10 N–H and O–H groups in total. The minimum absolute atomic E-state index is 0.0435. The van der Waals surface area contributed by atoms with Crippen LogP contribution in [0.15, 0.2) is 4.99 Å². The van der Waals surface area contributed by atoms with Crippen molar-refractivity contribution in [2.75, 3.05) is 6.54 Å². The fraction of sp³-hybridized carbons (Fsp3) is 0.636. The molecule has 0 bridgehead atoms. The van der Waals surface area contributed by atoms with Crippen molar-refractivity contribution in [2.45, 2.75) is 37.8 Å². The van der Waals surface area contributed by atoms with E-state index in [1.165, 1.54) is 0 Å². The number of carbonyl (C=O) groups is 3. The van der Waals surface area contributed by atoms with Gasteiger partial charge in [-0.3, -0.25) is 24.7 Å². The Kier molecular flexibility index (Phi) is 8.65. The highest BCUT2D eigenvalue weighted by Crippen LogP contribution is 1.98. The van der Waals surface area contributed by atoms with E-state index in [0.717, 1.165) is 0 Å². The van der Waals surface area contributed by atoms with Crippen molar-refractivity contribution in [3.63, 3.8) is 0 Å². The lowest BCUT2D eigenvalue weighted by molar-refractivity contribution is -0.138. The van der Waals surface area contributed by atoms with Gasteiger partial charge < -0.3 is 28.0 Å². The Labute approximate surface area is 121 Å². The second-order valence-electron chi connectivity index (χ2n) is 4.45. The molecule has 0 aromatic carbocycles. The molecule has 0 aromatic rings. The first-order valence-corrected chi connectivity index (χ1v) is 6.37. The van der Waals surface area contributed by atoms with Gasteiger partial charge in [0.2, 0.25) is 11.8 Å². The average molecular weight is 302 g/mol. The van der Waals surface area contributed by atoms with Gasteiger partial charge >= 0.3 is 5.97 Å². The summed E-state index contributed by atoms with van der Waals surface area (Å²) in [5.74, 6) is -2.49. The van der Waals surface area contributed by atoms with Crippen LogP contribution in [0, 0.1) is 0 Å². The normalized spacial score (nSPS) is 13.0. The Morgan fingerprint density at radius 3 is 2.24 bits per heavy atom. The molecule has 0 saturated carbocycles. The van der Waals surface area contributed by atoms with Crippen LogP contribution in [-0.4, -0.2) is 47.5 Å².